The molecule has 0 saturated carbocycles. The molecule has 68 valence electrons. The van der Waals surface area contributed by atoms with E-state index in [1.54, 1.807) is 0 Å². The predicted molar refractivity (Wildman–Crippen MR) is 36.5 cm³/mol. The SMILES string of the molecule is O=[N+]([O-])c1cccc([N+](=O)[O-])[n+]1F. The highest BCUT2D eigenvalue weighted by molar-refractivity contribution is 5.19. The third-order valence-corrected chi connectivity index (χ3v) is 1.27. The van der Waals surface area contributed by atoms with Crippen LogP contribution in [0, 0.1) is 20.2 Å². The van der Waals surface area contributed by atoms with E-state index in [1.807, 2.05) is 0 Å². The Morgan fingerprint density at radius 3 is 1.85 bits per heavy atom. The second-order valence-corrected chi connectivity index (χ2v) is 2.04. The summed E-state index contributed by atoms with van der Waals surface area (Å²) in [6, 6.07) is 2.69. The molecule has 1 rings (SSSR count). The van der Waals surface area contributed by atoms with Gasteiger partial charge in [0, 0.05) is 0 Å². The molecule has 0 amide bonds. The van der Waals surface area contributed by atoms with Gasteiger partial charge in [0.15, 0.2) is 4.79 Å². The summed E-state index contributed by atoms with van der Waals surface area (Å²) in [4.78, 5) is 17.6. The minimum atomic E-state index is -1.05. The summed E-state index contributed by atoms with van der Waals surface area (Å²) in [5.41, 5.74) is 0. The maximum absolute atomic E-state index is 12.8. The lowest BCUT2D eigenvalue weighted by molar-refractivity contribution is -0.881. The third kappa shape index (κ3) is 1.55. The first kappa shape index (κ1) is 8.97. The van der Waals surface area contributed by atoms with Crippen molar-refractivity contribution in [1.82, 2.24) is 0 Å². The zero-order valence-corrected chi connectivity index (χ0v) is 6.08. The van der Waals surface area contributed by atoms with Crippen LogP contribution in [0.3, 0.4) is 0 Å². The minimum absolute atomic E-state index is 0.583. The average molecular weight is 188 g/mol. The van der Waals surface area contributed by atoms with E-state index in [-0.39, 0.29) is 0 Å². The Bertz CT molecular complexity index is 348. The van der Waals surface area contributed by atoms with E-state index in [2.05, 4.69) is 0 Å². The molecule has 8 heteroatoms. The van der Waals surface area contributed by atoms with E-state index in [1.165, 1.54) is 0 Å². The minimum Gasteiger partial charge on any atom is -0.253 e. The predicted octanol–water partition coefficient (Wildman–Crippen LogP) is 0.523. The van der Waals surface area contributed by atoms with Gasteiger partial charge in [0.25, 0.3) is 0 Å². The van der Waals surface area contributed by atoms with Crippen LogP contribution in [0.4, 0.5) is 16.1 Å². The van der Waals surface area contributed by atoms with Gasteiger partial charge in [0.1, 0.15) is 14.3 Å². The van der Waals surface area contributed by atoms with Crippen LogP contribution < -0.4 is 4.79 Å². The fourth-order valence-electron chi connectivity index (χ4n) is 0.734. The van der Waals surface area contributed by atoms with Crippen LogP contribution in [0.25, 0.3) is 0 Å². The number of nitro groups is 2. The summed E-state index contributed by atoms with van der Waals surface area (Å²) in [5.74, 6) is -1.96. The number of halogens is 1. The molecule has 0 radical (unpaired) electrons. The molecule has 13 heavy (non-hydrogen) atoms. The number of aromatic nitrogens is 1. The Kier molecular flexibility index (Phi) is 2.13. The van der Waals surface area contributed by atoms with Crippen LogP contribution >= 0.6 is 0 Å². The van der Waals surface area contributed by atoms with E-state index >= 15 is 0 Å². The van der Waals surface area contributed by atoms with Crippen molar-refractivity contribution >= 4 is 11.6 Å². The van der Waals surface area contributed by atoms with E-state index < -0.39 is 26.3 Å². The lowest BCUT2D eigenvalue weighted by Gasteiger charge is -1.85. The van der Waals surface area contributed by atoms with E-state index in [4.69, 9.17) is 0 Å². The topological polar surface area (TPSA) is 90.2 Å². The fraction of sp³-hybridized carbons (Fsp3) is 0. The number of hydrogen-bond acceptors (Lipinski definition) is 4. The van der Waals surface area contributed by atoms with Crippen LogP contribution in [0.1, 0.15) is 0 Å². The molecule has 0 aliphatic rings. The number of pyridine rings is 1. The van der Waals surface area contributed by atoms with Crippen LogP contribution in [0.5, 0.6) is 0 Å². The molecule has 0 unspecified atom stereocenters. The Hall–Kier alpha value is -2.12. The largest absolute Gasteiger partial charge is 0.551 e. The average Bonchev–Trinajstić information content (AvgIpc) is 2.03. The van der Waals surface area contributed by atoms with Gasteiger partial charge >= 0.3 is 11.6 Å². The number of hydrogen-bond donors (Lipinski definition) is 0. The Morgan fingerprint density at radius 2 is 1.54 bits per heavy atom. The van der Waals surface area contributed by atoms with Crippen molar-refractivity contribution in [2.45, 2.75) is 0 Å². The molecule has 7 nitrogen and oxygen atoms in total. The van der Waals surface area contributed by atoms with Crippen molar-refractivity contribution < 1.29 is 19.1 Å². The molecule has 0 aliphatic carbocycles. The van der Waals surface area contributed by atoms with Crippen molar-refractivity contribution in [2.24, 2.45) is 0 Å². The molecule has 0 atom stereocenters. The van der Waals surface area contributed by atoms with Crippen molar-refractivity contribution in [3.8, 4) is 0 Å². The van der Waals surface area contributed by atoms with Gasteiger partial charge in [-0.2, -0.15) is 0 Å². The molecule has 1 aromatic rings. The Labute approximate surface area is 70.3 Å². The van der Waals surface area contributed by atoms with Gasteiger partial charge < -0.3 is 0 Å². The van der Waals surface area contributed by atoms with Gasteiger partial charge in [-0.25, -0.2) is 0 Å². The van der Waals surface area contributed by atoms with E-state index in [0.29, 0.717) is 0 Å². The van der Waals surface area contributed by atoms with Crippen molar-refractivity contribution in [3.63, 3.8) is 0 Å². The fourth-order valence-corrected chi connectivity index (χ4v) is 0.734. The van der Waals surface area contributed by atoms with Crippen molar-refractivity contribution in [1.29, 1.82) is 0 Å². The molecule has 0 saturated heterocycles. The van der Waals surface area contributed by atoms with Gasteiger partial charge in [-0.1, -0.05) is 0 Å². The summed E-state index contributed by atoms with van der Waals surface area (Å²) >= 11 is 0. The van der Waals surface area contributed by atoms with Gasteiger partial charge in [0.05, 0.1) is 12.1 Å². The number of nitrogens with zero attached hydrogens (tertiary/aromatic N) is 3. The highest BCUT2D eigenvalue weighted by Gasteiger charge is 2.34. The molecule has 0 N–H and O–H groups in total. The lowest BCUT2D eigenvalue weighted by atomic mass is 10.4. The monoisotopic (exact) mass is 188 g/mol. The van der Waals surface area contributed by atoms with E-state index in [9.17, 15) is 24.7 Å². The third-order valence-electron chi connectivity index (χ3n) is 1.27. The standard InChI is InChI=1S/C5H3FN3O4/c6-7-4(8(10)11)2-1-3-5(7)9(12)13/h1-3H/q+1. The lowest BCUT2D eigenvalue weighted by Crippen LogP contribution is -2.30. The summed E-state index contributed by atoms with van der Waals surface area (Å²) in [7, 11) is 0. The second-order valence-electron chi connectivity index (χ2n) is 2.04. The molecule has 0 aliphatic heterocycles. The van der Waals surface area contributed by atoms with E-state index in [0.717, 1.165) is 18.2 Å². The number of rotatable bonds is 2. The highest BCUT2D eigenvalue weighted by atomic mass is 19.2. The van der Waals surface area contributed by atoms with Crippen LogP contribution in [0.15, 0.2) is 18.2 Å². The van der Waals surface area contributed by atoms with Gasteiger partial charge in [0.2, 0.25) is 0 Å². The second kappa shape index (κ2) is 3.09. The molecular weight excluding hydrogens is 185 g/mol. The zero-order valence-electron chi connectivity index (χ0n) is 6.08. The first-order valence-corrected chi connectivity index (χ1v) is 3.04. The summed E-state index contributed by atoms with van der Waals surface area (Å²) < 4.78 is 12.8. The molecule has 0 bridgehead atoms. The zero-order chi connectivity index (χ0) is 10.0. The first-order valence-electron chi connectivity index (χ1n) is 3.04. The summed E-state index contributed by atoms with van der Waals surface area (Å²) in [6.45, 7) is 0. The smallest absolute Gasteiger partial charge is 0.253 e. The maximum Gasteiger partial charge on any atom is 0.551 e. The molecule has 0 fully saturated rings. The van der Waals surface area contributed by atoms with Crippen LogP contribution in [-0.4, -0.2) is 9.85 Å². The summed E-state index contributed by atoms with van der Waals surface area (Å²) in [6.07, 6.45) is 0. The molecule has 0 aromatic carbocycles. The summed E-state index contributed by atoms with van der Waals surface area (Å²) in [5, 5.41) is 20.2. The quantitative estimate of drug-likeness (QED) is 0.499. The molecule has 0 spiro atoms. The molecule has 1 aromatic heterocycles. The normalized spacial score (nSPS) is 9.62. The molecule has 1 heterocycles. The highest BCUT2D eigenvalue weighted by Crippen LogP contribution is 2.10. The van der Waals surface area contributed by atoms with Crippen LogP contribution in [-0.2, 0) is 0 Å². The van der Waals surface area contributed by atoms with Gasteiger partial charge in [-0.3, -0.25) is 20.2 Å². The van der Waals surface area contributed by atoms with Crippen molar-refractivity contribution in [2.75, 3.05) is 0 Å². The maximum atomic E-state index is 12.8. The van der Waals surface area contributed by atoms with Crippen LogP contribution in [0.2, 0.25) is 0 Å². The molecular formula is C5H3FN3O4+. The van der Waals surface area contributed by atoms with Gasteiger partial charge in [-0.15, -0.1) is 0 Å². The first-order chi connectivity index (χ1) is 6.04. The van der Waals surface area contributed by atoms with Crippen molar-refractivity contribution in [3.05, 3.63) is 38.4 Å². The Balaban J connectivity index is 3.35. The Morgan fingerprint density at radius 1 is 1.15 bits per heavy atom. The van der Waals surface area contributed by atoms with Gasteiger partial charge in [-0.05, 0) is 6.07 Å².